The van der Waals surface area contributed by atoms with Crippen molar-refractivity contribution in [2.75, 3.05) is 12.3 Å². The molecule has 0 radical (unpaired) electrons. The van der Waals surface area contributed by atoms with Gasteiger partial charge in [-0.15, -0.1) is 0 Å². The lowest BCUT2D eigenvalue weighted by Gasteiger charge is -2.28. The SMILES string of the molecule is CC(C)C1CCSC(=NCCc2ccccc2)N1. The molecule has 2 rings (SSSR count). The Balaban J connectivity index is 1.82. The van der Waals surface area contributed by atoms with Gasteiger partial charge >= 0.3 is 0 Å². The third kappa shape index (κ3) is 4.05. The first kappa shape index (κ1) is 13.5. The maximum absolute atomic E-state index is 4.68. The lowest BCUT2D eigenvalue weighted by molar-refractivity contribution is 0.442. The molecule has 3 heteroatoms. The minimum atomic E-state index is 0.599. The summed E-state index contributed by atoms with van der Waals surface area (Å²) in [5, 5.41) is 4.69. The first-order valence-electron chi connectivity index (χ1n) is 6.73. The summed E-state index contributed by atoms with van der Waals surface area (Å²) in [5.74, 6) is 1.88. The third-order valence-electron chi connectivity index (χ3n) is 3.28. The van der Waals surface area contributed by atoms with Crippen LogP contribution in [0.4, 0.5) is 0 Å². The van der Waals surface area contributed by atoms with E-state index in [9.17, 15) is 0 Å². The molecular weight excluding hydrogens is 240 g/mol. The standard InChI is InChI=1S/C15H22N2S/c1-12(2)14-9-11-18-15(17-14)16-10-8-13-6-4-3-5-7-13/h3-7,12,14H,8-11H2,1-2H3,(H,16,17). The van der Waals surface area contributed by atoms with E-state index >= 15 is 0 Å². The quantitative estimate of drug-likeness (QED) is 0.900. The van der Waals surface area contributed by atoms with Gasteiger partial charge in [-0.25, -0.2) is 0 Å². The minimum Gasteiger partial charge on any atom is -0.362 e. The molecule has 1 unspecified atom stereocenters. The van der Waals surface area contributed by atoms with Gasteiger partial charge in [0.1, 0.15) is 0 Å². The Morgan fingerprint density at radius 3 is 2.83 bits per heavy atom. The van der Waals surface area contributed by atoms with E-state index in [2.05, 4.69) is 54.5 Å². The molecule has 98 valence electrons. The van der Waals surface area contributed by atoms with Crippen LogP contribution in [0, 0.1) is 5.92 Å². The predicted octanol–water partition coefficient (Wildman–Crippen LogP) is 3.34. The first-order valence-corrected chi connectivity index (χ1v) is 7.72. The van der Waals surface area contributed by atoms with Gasteiger partial charge in [0.05, 0.1) is 0 Å². The van der Waals surface area contributed by atoms with E-state index in [0.717, 1.165) is 18.1 Å². The summed E-state index contributed by atoms with van der Waals surface area (Å²) < 4.78 is 0. The number of thioether (sulfide) groups is 1. The molecule has 18 heavy (non-hydrogen) atoms. The normalized spacial score (nSPS) is 22.2. The highest BCUT2D eigenvalue weighted by Crippen LogP contribution is 2.18. The molecular formula is C15H22N2S. The molecule has 1 saturated heterocycles. The highest BCUT2D eigenvalue weighted by Gasteiger charge is 2.19. The van der Waals surface area contributed by atoms with Gasteiger partial charge in [-0.2, -0.15) is 0 Å². The Kier molecular flexibility index (Phi) is 5.12. The van der Waals surface area contributed by atoms with Gasteiger partial charge in [-0.1, -0.05) is 55.9 Å². The number of hydrogen-bond donors (Lipinski definition) is 1. The van der Waals surface area contributed by atoms with Crippen LogP contribution in [0.3, 0.4) is 0 Å². The summed E-state index contributed by atoms with van der Waals surface area (Å²) in [6.45, 7) is 5.43. The van der Waals surface area contributed by atoms with E-state index in [1.165, 1.54) is 17.7 Å². The predicted molar refractivity (Wildman–Crippen MR) is 81.3 cm³/mol. The van der Waals surface area contributed by atoms with Crippen LogP contribution in [0.5, 0.6) is 0 Å². The van der Waals surface area contributed by atoms with Crippen LogP contribution in [0.15, 0.2) is 35.3 Å². The smallest absolute Gasteiger partial charge is 0.156 e. The maximum Gasteiger partial charge on any atom is 0.156 e. The second kappa shape index (κ2) is 6.83. The fraction of sp³-hybridized carbons (Fsp3) is 0.533. The van der Waals surface area contributed by atoms with Crippen molar-refractivity contribution in [3.05, 3.63) is 35.9 Å². The Hall–Kier alpha value is -0.960. The van der Waals surface area contributed by atoms with Gasteiger partial charge < -0.3 is 5.32 Å². The molecule has 1 aliphatic rings. The maximum atomic E-state index is 4.68. The van der Waals surface area contributed by atoms with Crippen molar-refractivity contribution in [1.29, 1.82) is 0 Å². The molecule has 1 heterocycles. The molecule has 1 N–H and O–H groups in total. The van der Waals surface area contributed by atoms with Crippen LogP contribution in [-0.4, -0.2) is 23.5 Å². The van der Waals surface area contributed by atoms with Gasteiger partial charge in [0.25, 0.3) is 0 Å². The van der Waals surface area contributed by atoms with E-state index in [1.54, 1.807) is 0 Å². The molecule has 0 amide bonds. The van der Waals surface area contributed by atoms with Crippen LogP contribution in [0.1, 0.15) is 25.8 Å². The first-order chi connectivity index (χ1) is 8.75. The van der Waals surface area contributed by atoms with Crippen molar-refractivity contribution in [2.24, 2.45) is 10.9 Å². The fourth-order valence-electron chi connectivity index (χ4n) is 2.08. The van der Waals surface area contributed by atoms with Gasteiger partial charge in [-0.05, 0) is 24.3 Å². The Morgan fingerprint density at radius 2 is 2.11 bits per heavy atom. The van der Waals surface area contributed by atoms with E-state index in [0.29, 0.717) is 12.0 Å². The number of rotatable bonds is 4. The summed E-state index contributed by atoms with van der Waals surface area (Å²) in [5.41, 5.74) is 1.36. The summed E-state index contributed by atoms with van der Waals surface area (Å²) >= 11 is 1.86. The summed E-state index contributed by atoms with van der Waals surface area (Å²) in [6, 6.07) is 11.2. The number of amidine groups is 1. The monoisotopic (exact) mass is 262 g/mol. The lowest BCUT2D eigenvalue weighted by atomic mass is 10.0. The van der Waals surface area contributed by atoms with E-state index in [-0.39, 0.29) is 0 Å². The van der Waals surface area contributed by atoms with Gasteiger partial charge in [0, 0.05) is 18.3 Å². The highest BCUT2D eigenvalue weighted by molar-refractivity contribution is 8.13. The van der Waals surface area contributed by atoms with Crippen molar-refractivity contribution in [3.8, 4) is 0 Å². The number of benzene rings is 1. The highest BCUT2D eigenvalue weighted by atomic mass is 32.2. The molecule has 1 fully saturated rings. The molecule has 0 aromatic heterocycles. The van der Waals surface area contributed by atoms with E-state index in [4.69, 9.17) is 0 Å². The van der Waals surface area contributed by atoms with Crippen LogP contribution in [0.25, 0.3) is 0 Å². The largest absolute Gasteiger partial charge is 0.362 e. The summed E-state index contributed by atoms with van der Waals surface area (Å²) in [4.78, 5) is 4.68. The number of nitrogens with one attached hydrogen (secondary N) is 1. The van der Waals surface area contributed by atoms with Crippen molar-refractivity contribution in [2.45, 2.75) is 32.7 Å². The Morgan fingerprint density at radius 1 is 1.33 bits per heavy atom. The average molecular weight is 262 g/mol. The zero-order valence-electron chi connectivity index (χ0n) is 11.2. The second-order valence-electron chi connectivity index (χ2n) is 5.05. The zero-order valence-corrected chi connectivity index (χ0v) is 12.0. The lowest BCUT2D eigenvalue weighted by Crippen LogP contribution is -2.41. The van der Waals surface area contributed by atoms with Crippen LogP contribution in [-0.2, 0) is 6.42 Å². The van der Waals surface area contributed by atoms with E-state index < -0.39 is 0 Å². The molecule has 0 saturated carbocycles. The van der Waals surface area contributed by atoms with Crippen molar-refractivity contribution < 1.29 is 0 Å². The van der Waals surface area contributed by atoms with Crippen LogP contribution < -0.4 is 5.32 Å². The molecule has 1 aromatic carbocycles. The molecule has 0 aliphatic carbocycles. The van der Waals surface area contributed by atoms with Crippen LogP contribution in [0.2, 0.25) is 0 Å². The number of aliphatic imine (C=N–C) groups is 1. The van der Waals surface area contributed by atoms with Gasteiger partial charge in [0.15, 0.2) is 5.17 Å². The van der Waals surface area contributed by atoms with Crippen LogP contribution >= 0.6 is 11.8 Å². The van der Waals surface area contributed by atoms with Gasteiger partial charge in [0.2, 0.25) is 0 Å². The Labute approximate surface area is 114 Å². The average Bonchev–Trinajstić information content (AvgIpc) is 2.40. The molecule has 1 aliphatic heterocycles. The molecule has 2 nitrogen and oxygen atoms in total. The molecule has 0 spiro atoms. The van der Waals surface area contributed by atoms with Crippen molar-refractivity contribution >= 4 is 16.9 Å². The molecule has 1 atom stereocenters. The number of hydrogen-bond acceptors (Lipinski definition) is 2. The Bertz CT molecular complexity index is 387. The fourth-order valence-corrected chi connectivity index (χ4v) is 3.06. The molecule has 1 aromatic rings. The molecule has 0 bridgehead atoms. The number of nitrogens with zero attached hydrogens (tertiary/aromatic N) is 1. The second-order valence-corrected chi connectivity index (χ2v) is 6.14. The zero-order chi connectivity index (χ0) is 12.8. The van der Waals surface area contributed by atoms with Crippen molar-refractivity contribution in [3.63, 3.8) is 0 Å². The topological polar surface area (TPSA) is 24.4 Å². The summed E-state index contributed by atoms with van der Waals surface area (Å²) in [6.07, 6.45) is 2.28. The minimum absolute atomic E-state index is 0.599. The third-order valence-corrected chi connectivity index (χ3v) is 4.24. The summed E-state index contributed by atoms with van der Waals surface area (Å²) in [7, 11) is 0. The van der Waals surface area contributed by atoms with E-state index in [1.807, 2.05) is 11.8 Å². The van der Waals surface area contributed by atoms with Crippen molar-refractivity contribution in [1.82, 2.24) is 5.32 Å². The van der Waals surface area contributed by atoms with Gasteiger partial charge in [-0.3, -0.25) is 4.99 Å².